The van der Waals surface area contributed by atoms with Crippen LogP contribution in [0.1, 0.15) is 36.0 Å². The molecule has 96 valence electrons. The van der Waals surface area contributed by atoms with Crippen molar-refractivity contribution in [2.24, 2.45) is 17.8 Å². The van der Waals surface area contributed by atoms with Crippen molar-refractivity contribution >= 4 is 5.91 Å². The summed E-state index contributed by atoms with van der Waals surface area (Å²) in [6.45, 7) is 0.775. The fourth-order valence-corrected chi connectivity index (χ4v) is 3.47. The zero-order valence-corrected chi connectivity index (χ0v) is 10.4. The zero-order chi connectivity index (χ0) is 12.5. The summed E-state index contributed by atoms with van der Waals surface area (Å²) in [5.74, 6) is 2.96. The largest absolute Gasteiger partial charge is 0.508 e. The monoisotopic (exact) mass is 245 g/mol. The maximum atomic E-state index is 11.8. The second kappa shape index (κ2) is 4.63. The summed E-state index contributed by atoms with van der Waals surface area (Å²) in [7, 11) is 0. The molecule has 2 saturated carbocycles. The maximum Gasteiger partial charge on any atom is 0.251 e. The molecular formula is C15H19NO2. The van der Waals surface area contributed by atoms with Crippen LogP contribution in [0.15, 0.2) is 24.3 Å². The molecule has 0 aromatic heterocycles. The molecule has 0 saturated heterocycles. The molecule has 2 unspecified atom stereocenters. The van der Waals surface area contributed by atoms with E-state index in [0.717, 1.165) is 30.7 Å². The first kappa shape index (κ1) is 11.6. The molecule has 1 aromatic carbocycles. The number of phenols is 1. The summed E-state index contributed by atoms with van der Waals surface area (Å²) in [4.78, 5) is 11.8. The normalized spacial score (nSPS) is 28.8. The molecule has 2 N–H and O–H groups in total. The fourth-order valence-electron chi connectivity index (χ4n) is 3.47. The Bertz CT molecular complexity index is 430. The Labute approximate surface area is 107 Å². The minimum atomic E-state index is -0.0409. The molecule has 2 fully saturated rings. The van der Waals surface area contributed by atoms with Crippen molar-refractivity contribution in [2.45, 2.75) is 25.7 Å². The van der Waals surface area contributed by atoms with Crippen LogP contribution in [0.25, 0.3) is 0 Å². The lowest BCUT2D eigenvalue weighted by atomic mass is 10.1. The summed E-state index contributed by atoms with van der Waals surface area (Å²) in [6.07, 6.45) is 5.34. The molecule has 0 heterocycles. The van der Waals surface area contributed by atoms with Gasteiger partial charge in [0.25, 0.3) is 5.91 Å². The summed E-state index contributed by atoms with van der Waals surface area (Å²) in [6, 6.07) is 6.38. The second-order valence-electron chi connectivity index (χ2n) is 5.51. The van der Waals surface area contributed by atoms with Gasteiger partial charge >= 0.3 is 0 Å². The topological polar surface area (TPSA) is 49.3 Å². The first-order valence-corrected chi connectivity index (χ1v) is 6.83. The maximum absolute atomic E-state index is 11.8. The quantitative estimate of drug-likeness (QED) is 0.856. The van der Waals surface area contributed by atoms with E-state index in [0.29, 0.717) is 5.56 Å². The lowest BCUT2D eigenvalue weighted by Crippen LogP contribution is -2.24. The van der Waals surface area contributed by atoms with Crippen molar-refractivity contribution in [3.63, 3.8) is 0 Å². The number of carbonyl (C=O) groups excluding carboxylic acids is 1. The Morgan fingerprint density at radius 2 is 1.89 bits per heavy atom. The number of rotatable bonds is 4. The highest BCUT2D eigenvalue weighted by Crippen LogP contribution is 2.58. The first-order chi connectivity index (χ1) is 8.75. The van der Waals surface area contributed by atoms with Crippen LogP contribution in [-0.4, -0.2) is 17.6 Å². The van der Waals surface area contributed by atoms with Crippen LogP contribution >= 0.6 is 0 Å². The average Bonchev–Trinajstić information content (AvgIpc) is 2.83. The van der Waals surface area contributed by atoms with Gasteiger partial charge in [-0.2, -0.15) is 0 Å². The molecule has 1 amide bonds. The fraction of sp³-hybridized carbons (Fsp3) is 0.533. The van der Waals surface area contributed by atoms with Crippen molar-refractivity contribution in [3.05, 3.63) is 29.8 Å². The highest BCUT2D eigenvalue weighted by molar-refractivity contribution is 5.94. The molecule has 18 heavy (non-hydrogen) atoms. The predicted molar refractivity (Wildman–Crippen MR) is 69.4 cm³/mol. The van der Waals surface area contributed by atoms with Gasteiger partial charge in [0.1, 0.15) is 5.75 Å². The molecule has 3 heteroatoms. The molecule has 0 radical (unpaired) electrons. The summed E-state index contributed by atoms with van der Waals surface area (Å²) in [5, 5.41) is 12.1. The number of carbonyl (C=O) groups is 1. The number of nitrogens with one attached hydrogen (secondary N) is 1. The molecule has 0 spiro atoms. The Balaban J connectivity index is 1.43. The molecule has 1 aromatic rings. The molecule has 2 atom stereocenters. The Kier molecular flexibility index (Phi) is 2.98. The van der Waals surface area contributed by atoms with E-state index in [1.807, 2.05) is 0 Å². The molecule has 0 bridgehead atoms. The van der Waals surface area contributed by atoms with Crippen LogP contribution in [0.2, 0.25) is 0 Å². The number of phenolic OH excluding ortho intramolecular Hbond substituents is 1. The number of hydrogen-bond acceptors (Lipinski definition) is 2. The number of benzene rings is 1. The number of hydrogen-bond donors (Lipinski definition) is 2. The Hall–Kier alpha value is -1.51. The smallest absolute Gasteiger partial charge is 0.251 e. The van der Waals surface area contributed by atoms with Crippen LogP contribution in [0.3, 0.4) is 0 Å². The van der Waals surface area contributed by atoms with Gasteiger partial charge in [0.2, 0.25) is 0 Å². The Morgan fingerprint density at radius 1 is 1.22 bits per heavy atom. The van der Waals surface area contributed by atoms with Gasteiger partial charge in [0.15, 0.2) is 0 Å². The summed E-state index contributed by atoms with van der Waals surface area (Å²) < 4.78 is 0. The SMILES string of the molecule is O=C(NCCC1C2CCCC21)c1ccc(O)cc1. The third-order valence-electron chi connectivity index (χ3n) is 4.48. The minimum Gasteiger partial charge on any atom is -0.508 e. The van der Waals surface area contributed by atoms with Crippen LogP contribution in [0, 0.1) is 17.8 Å². The van der Waals surface area contributed by atoms with Crippen LogP contribution < -0.4 is 5.32 Å². The van der Waals surface area contributed by atoms with Crippen molar-refractivity contribution in [1.82, 2.24) is 5.32 Å². The van der Waals surface area contributed by atoms with E-state index in [1.54, 1.807) is 24.3 Å². The summed E-state index contributed by atoms with van der Waals surface area (Å²) in [5.41, 5.74) is 0.615. The van der Waals surface area contributed by atoms with E-state index >= 15 is 0 Å². The van der Waals surface area contributed by atoms with E-state index in [9.17, 15) is 4.79 Å². The number of aromatic hydroxyl groups is 1. The van der Waals surface area contributed by atoms with Crippen molar-refractivity contribution in [2.75, 3.05) is 6.54 Å². The van der Waals surface area contributed by atoms with E-state index in [-0.39, 0.29) is 11.7 Å². The molecule has 2 aliphatic carbocycles. The lowest BCUT2D eigenvalue weighted by Gasteiger charge is -2.06. The van der Waals surface area contributed by atoms with E-state index in [2.05, 4.69) is 5.32 Å². The highest BCUT2D eigenvalue weighted by atomic mass is 16.3. The molecule has 2 aliphatic rings. The van der Waals surface area contributed by atoms with E-state index < -0.39 is 0 Å². The molecule has 3 nitrogen and oxygen atoms in total. The molecule has 0 aliphatic heterocycles. The lowest BCUT2D eigenvalue weighted by molar-refractivity contribution is 0.0952. The predicted octanol–water partition coefficient (Wildman–Crippen LogP) is 2.56. The van der Waals surface area contributed by atoms with Crippen LogP contribution in [-0.2, 0) is 0 Å². The van der Waals surface area contributed by atoms with E-state index in [4.69, 9.17) is 5.11 Å². The van der Waals surface area contributed by atoms with Gasteiger partial charge in [-0.25, -0.2) is 0 Å². The third kappa shape index (κ3) is 2.22. The highest BCUT2D eigenvalue weighted by Gasteiger charge is 2.51. The Morgan fingerprint density at radius 3 is 2.56 bits per heavy atom. The van der Waals surface area contributed by atoms with Gasteiger partial charge in [0.05, 0.1) is 0 Å². The van der Waals surface area contributed by atoms with Gasteiger partial charge < -0.3 is 10.4 Å². The van der Waals surface area contributed by atoms with Crippen molar-refractivity contribution < 1.29 is 9.90 Å². The van der Waals surface area contributed by atoms with Gasteiger partial charge in [-0.3, -0.25) is 4.79 Å². The zero-order valence-electron chi connectivity index (χ0n) is 10.4. The minimum absolute atomic E-state index is 0.0409. The average molecular weight is 245 g/mol. The third-order valence-corrected chi connectivity index (χ3v) is 4.48. The van der Waals surface area contributed by atoms with Gasteiger partial charge in [-0.05, 0) is 61.3 Å². The van der Waals surface area contributed by atoms with Crippen molar-refractivity contribution in [3.8, 4) is 5.75 Å². The number of fused-ring (bicyclic) bond motifs is 1. The van der Waals surface area contributed by atoms with Crippen molar-refractivity contribution in [1.29, 1.82) is 0 Å². The van der Waals surface area contributed by atoms with Crippen LogP contribution in [0.4, 0.5) is 0 Å². The number of amides is 1. The molecule has 3 rings (SSSR count). The second-order valence-corrected chi connectivity index (χ2v) is 5.51. The van der Waals surface area contributed by atoms with Crippen LogP contribution in [0.5, 0.6) is 5.75 Å². The standard InChI is InChI=1S/C15H19NO2/c17-11-6-4-10(5-7-11)15(18)16-9-8-14-12-2-1-3-13(12)14/h4-7,12-14,17H,1-3,8-9H2,(H,16,18). The van der Waals surface area contributed by atoms with Gasteiger partial charge in [-0.15, -0.1) is 0 Å². The van der Waals surface area contributed by atoms with E-state index in [1.165, 1.54) is 19.3 Å². The summed E-state index contributed by atoms with van der Waals surface area (Å²) >= 11 is 0. The first-order valence-electron chi connectivity index (χ1n) is 6.83. The molecular weight excluding hydrogens is 226 g/mol. The van der Waals surface area contributed by atoms with Gasteiger partial charge in [0, 0.05) is 12.1 Å². The van der Waals surface area contributed by atoms with Gasteiger partial charge in [-0.1, -0.05) is 6.42 Å².